The molecule has 0 bridgehead atoms. The van der Waals surface area contributed by atoms with E-state index in [1.165, 1.54) is 28.6 Å². The fraction of sp³-hybridized carbons (Fsp3) is 0.500. The van der Waals surface area contributed by atoms with Gasteiger partial charge >= 0.3 is 0 Å². The minimum absolute atomic E-state index is 0.196. The lowest BCUT2D eigenvalue weighted by Crippen LogP contribution is -2.13. The van der Waals surface area contributed by atoms with Gasteiger partial charge in [0.25, 0.3) is 0 Å². The lowest BCUT2D eigenvalue weighted by Gasteiger charge is -2.17. The van der Waals surface area contributed by atoms with Crippen LogP contribution in [0.1, 0.15) is 36.5 Å². The van der Waals surface area contributed by atoms with Crippen molar-refractivity contribution < 1.29 is 4.79 Å². The number of rotatable bonds is 4. The van der Waals surface area contributed by atoms with E-state index in [0.717, 1.165) is 46.9 Å². The van der Waals surface area contributed by atoms with Gasteiger partial charge in [-0.2, -0.15) is 0 Å². The van der Waals surface area contributed by atoms with Crippen LogP contribution in [0.4, 0.5) is 0 Å². The Labute approximate surface area is 147 Å². The van der Waals surface area contributed by atoms with Crippen molar-refractivity contribution in [3.63, 3.8) is 0 Å². The van der Waals surface area contributed by atoms with E-state index in [1.807, 2.05) is 4.40 Å². The number of thiophene rings is 1. The first-order chi connectivity index (χ1) is 11.6. The van der Waals surface area contributed by atoms with Crippen molar-refractivity contribution >= 4 is 44.9 Å². The van der Waals surface area contributed by atoms with Gasteiger partial charge in [0.2, 0.25) is 5.91 Å². The van der Waals surface area contributed by atoms with Gasteiger partial charge in [-0.1, -0.05) is 25.6 Å². The number of nitrogens with two attached hydrogens (primary N) is 1. The average molecular weight is 361 g/mol. The number of hydrogen-bond acceptors (Lipinski definition) is 6. The van der Waals surface area contributed by atoms with Crippen LogP contribution >= 0.6 is 23.1 Å². The lowest BCUT2D eigenvalue weighted by atomic mass is 9.89. The molecule has 126 valence electrons. The van der Waals surface area contributed by atoms with Crippen LogP contribution in [0.15, 0.2) is 5.16 Å². The first kappa shape index (κ1) is 15.8. The van der Waals surface area contributed by atoms with E-state index in [9.17, 15) is 4.79 Å². The second-order valence-electron chi connectivity index (χ2n) is 6.31. The molecular weight excluding hydrogens is 342 g/mol. The van der Waals surface area contributed by atoms with E-state index in [0.29, 0.717) is 5.16 Å². The normalized spacial score (nSPS) is 17.5. The molecule has 0 saturated carbocycles. The van der Waals surface area contributed by atoms with Crippen molar-refractivity contribution in [2.24, 2.45) is 11.7 Å². The van der Waals surface area contributed by atoms with Crippen molar-refractivity contribution in [3.05, 3.63) is 16.3 Å². The van der Waals surface area contributed by atoms with E-state index < -0.39 is 0 Å². The Morgan fingerprint density at radius 1 is 1.46 bits per heavy atom. The number of carbonyl (C=O) groups excluding carboxylic acids is 1. The first-order valence-corrected chi connectivity index (χ1v) is 9.98. The zero-order valence-corrected chi connectivity index (χ0v) is 15.3. The van der Waals surface area contributed by atoms with Gasteiger partial charge in [-0.3, -0.25) is 9.20 Å². The quantitative estimate of drug-likeness (QED) is 0.722. The summed E-state index contributed by atoms with van der Waals surface area (Å²) in [5.74, 6) is 1.50. The van der Waals surface area contributed by atoms with Crippen LogP contribution in [0.2, 0.25) is 0 Å². The second kappa shape index (κ2) is 6.00. The molecule has 6 nitrogen and oxygen atoms in total. The standard InChI is InChI=1S/C16H19N5OS2/c1-3-12-18-15-13(9-5-4-8(2)6-10(9)24-15)14-19-20-16(21(12)14)23-7-11(17)22/h8H,3-7H2,1-2H3,(H2,17,22)/t8-/m1/s1. The Morgan fingerprint density at radius 3 is 3.04 bits per heavy atom. The van der Waals surface area contributed by atoms with Crippen LogP contribution in [-0.2, 0) is 24.1 Å². The van der Waals surface area contributed by atoms with Crippen LogP contribution in [0.3, 0.4) is 0 Å². The molecule has 0 aromatic carbocycles. The van der Waals surface area contributed by atoms with Crippen LogP contribution in [0.25, 0.3) is 15.9 Å². The van der Waals surface area contributed by atoms with E-state index in [2.05, 4.69) is 24.0 Å². The molecule has 1 aliphatic rings. The molecule has 2 N–H and O–H groups in total. The van der Waals surface area contributed by atoms with Gasteiger partial charge in [0.15, 0.2) is 10.8 Å². The fourth-order valence-electron chi connectivity index (χ4n) is 3.34. The molecule has 0 aliphatic heterocycles. The summed E-state index contributed by atoms with van der Waals surface area (Å²) >= 11 is 3.12. The third kappa shape index (κ3) is 2.48. The molecule has 3 aromatic rings. The van der Waals surface area contributed by atoms with Crippen molar-refractivity contribution in [3.8, 4) is 0 Å². The molecule has 0 radical (unpaired) electrons. The lowest BCUT2D eigenvalue weighted by molar-refractivity contribution is -0.115. The molecule has 1 amide bonds. The van der Waals surface area contributed by atoms with E-state index in [-0.39, 0.29) is 11.7 Å². The van der Waals surface area contributed by atoms with Crippen molar-refractivity contribution in [1.82, 2.24) is 19.6 Å². The van der Waals surface area contributed by atoms with Crippen LogP contribution in [-0.4, -0.2) is 31.2 Å². The number of fused-ring (bicyclic) bond motifs is 5. The van der Waals surface area contributed by atoms with E-state index >= 15 is 0 Å². The molecule has 4 rings (SSSR count). The molecule has 0 saturated heterocycles. The van der Waals surface area contributed by atoms with Gasteiger partial charge in [0.1, 0.15) is 10.7 Å². The summed E-state index contributed by atoms with van der Waals surface area (Å²) in [6, 6.07) is 0. The molecule has 0 unspecified atom stereocenters. The van der Waals surface area contributed by atoms with Gasteiger partial charge in [-0.25, -0.2) is 4.98 Å². The summed E-state index contributed by atoms with van der Waals surface area (Å²) in [5, 5.41) is 10.6. The average Bonchev–Trinajstić information content (AvgIpc) is 3.11. The number of nitrogens with zero attached hydrogens (tertiary/aromatic N) is 4. The topological polar surface area (TPSA) is 86.2 Å². The summed E-state index contributed by atoms with van der Waals surface area (Å²) in [4.78, 5) is 18.5. The van der Waals surface area contributed by atoms with Crippen molar-refractivity contribution in [1.29, 1.82) is 0 Å². The molecule has 8 heteroatoms. The highest BCUT2D eigenvalue weighted by atomic mass is 32.2. The molecule has 0 spiro atoms. The number of amides is 1. The molecule has 3 aromatic heterocycles. The summed E-state index contributed by atoms with van der Waals surface area (Å²) in [5.41, 5.74) is 7.54. The van der Waals surface area contributed by atoms with Crippen molar-refractivity contribution in [2.75, 3.05) is 5.75 Å². The minimum atomic E-state index is -0.356. The SMILES string of the molecule is CCc1nc2sc3c(c2c2nnc(SCC(N)=O)n12)CC[C@@H](C)C3. The van der Waals surface area contributed by atoms with Crippen molar-refractivity contribution in [2.45, 2.75) is 44.7 Å². The second-order valence-corrected chi connectivity index (χ2v) is 8.34. The summed E-state index contributed by atoms with van der Waals surface area (Å²) in [6.45, 7) is 4.38. The van der Waals surface area contributed by atoms with Crippen LogP contribution in [0, 0.1) is 5.92 Å². The zero-order chi connectivity index (χ0) is 16.8. The van der Waals surface area contributed by atoms with Gasteiger partial charge in [-0.15, -0.1) is 21.5 Å². The maximum absolute atomic E-state index is 11.1. The maximum Gasteiger partial charge on any atom is 0.227 e. The Hall–Kier alpha value is -1.67. The monoisotopic (exact) mass is 361 g/mol. The molecule has 1 aliphatic carbocycles. The smallest absolute Gasteiger partial charge is 0.227 e. The number of thioether (sulfide) groups is 1. The fourth-order valence-corrected chi connectivity index (χ4v) is 5.43. The highest BCUT2D eigenvalue weighted by Crippen LogP contribution is 2.39. The Morgan fingerprint density at radius 2 is 2.29 bits per heavy atom. The first-order valence-electron chi connectivity index (χ1n) is 8.17. The number of hydrogen-bond donors (Lipinski definition) is 1. The zero-order valence-electron chi connectivity index (χ0n) is 13.7. The number of primary amides is 1. The van der Waals surface area contributed by atoms with E-state index in [4.69, 9.17) is 10.7 Å². The van der Waals surface area contributed by atoms with Gasteiger partial charge in [0, 0.05) is 11.3 Å². The minimum Gasteiger partial charge on any atom is -0.369 e. The predicted molar refractivity (Wildman–Crippen MR) is 96.7 cm³/mol. The predicted octanol–water partition coefficient (Wildman–Crippen LogP) is 2.60. The highest BCUT2D eigenvalue weighted by Gasteiger charge is 2.25. The molecule has 24 heavy (non-hydrogen) atoms. The van der Waals surface area contributed by atoms with E-state index in [1.54, 1.807) is 11.3 Å². The molecule has 0 fully saturated rings. The summed E-state index contributed by atoms with van der Waals surface area (Å²) in [7, 11) is 0. The number of aryl methyl sites for hydroxylation is 2. The summed E-state index contributed by atoms with van der Waals surface area (Å²) < 4.78 is 2.00. The third-order valence-corrected chi connectivity index (χ3v) is 6.60. The number of aromatic nitrogens is 4. The third-order valence-electron chi connectivity index (χ3n) is 4.50. The molecule has 3 heterocycles. The Kier molecular flexibility index (Phi) is 3.96. The van der Waals surface area contributed by atoms with Crippen LogP contribution in [0.5, 0.6) is 0 Å². The Bertz CT molecular complexity index is 945. The highest BCUT2D eigenvalue weighted by molar-refractivity contribution is 7.99. The van der Waals surface area contributed by atoms with Crippen LogP contribution < -0.4 is 5.73 Å². The molecule has 1 atom stereocenters. The largest absolute Gasteiger partial charge is 0.369 e. The van der Waals surface area contributed by atoms with Gasteiger partial charge < -0.3 is 5.73 Å². The Balaban J connectivity index is 1.94. The van der Waals surface area contributed by atoms with Gasteiger partial charge in [0.05, 0.1) is 11.1 Å². The molecular formula is C16H19N5OS2. The maximum atomic E-state index is 11.1. The van der Waals surface area contributed by atoms with Gasteiger partial charge in [-0.05, 0) is 30.7 Å². The number of carbonyl (C=O) groups is 1. The summed E-state index contributed by atoms with van der Waals surface area (Å²) in [6.07, 6.45) is 4.20.